The number of ether oxygens (including phenoxy) is 2. The van der Waals surface area contributed by atoms with Gasteiger partial charge in [-0.05, 0) is 11.8 Å². The summed E-state index contributed by atoms with van der Waals surface area (Å²) in [6.07, 6.45) is 1.06. The Hall–Kier alpha value is -0.120. The second kappa shape index (κ2) is 7.21. The molecule has 0 saturated heterocycles. The van der Waals surface area contributed by atoms with Crippen LogP contribution in [-0.4, -0.2) is 32.5 Å². The van der Waals surface area contributed by atoms with Gasteiger partial charge in [-0.15, -0.1) is 0 Å². The van der Waals surface area contributed by atoms with Gasteiger partial charge < -0.3 is 15.2 Å². The van der Waals surface area contributed by atoms with Gasteiger partial charge >= 0.3 is 0 Å². The lowest BCUT2D eigenvalue weighted by molar-refractivity contribution is 0.0315. The lowest BCUT2D eigenvalue weighted by Gasteiger charge is -2.26. The van der Waals surface area contributed by atoms with Gasteiger partial charge in [0.15, 0.2) is 0 Å². The fourth-order valence-electron chi connectivity index (χ4n) is 0.825. The summed E-state index contributed by atoms with van der Waals surface area (Å²) < 4.78 is 10.7. The second-order valence-electron chi connectivity index (χ2n) is 4.66. The molecule has 0 fully saturated rings. The van der Waals surface area contributed by atoms with E-state index in [1.807, 2.05) is 0 Å². The van der Waals surface area contributed by atoms with E-state index in [9.17, 15) is 0 Å². The Morgan fingerprint density at radius 3 is 2.14 bits per heavy atom. The van der Waals surface area contributed by atoms with Crippen LogP contribution in [-0.2, 0) is 9.47 Å². The Morgan fingerprint density at radius 2 is 1.64 bits per heavy atom. The summed E-state index contributed by atoms with van der Waals surface area (Å²) in [4.78, 5) is 0. The molecule has 3 nitrogen and oxygen atoms in total. The molecule has 1 atom stereocenters. The molecule has 0 radical (unpaired) electrons. The first-order chi connectivity index (χ1) is 6.48. The summed E-state index contributed by atoms with van der Waals surface area (Å²) in [5, 5.41) is 0. The van der Waals surface area contributed by atoms with Gasteiger partial charge in [0.25, 0.3) is 0 Å². The van der Waals surface area contributed by atoms with Gasteiger partial charge in [0.1, 0.15) is 0 Å². The van der Waals surface area contributed by atoms with Crippen molar-refractivity contribution in [1.29, 1.82) is 0 Å². The number of hydrogen-bond acceptors (Lipinski definition) is 3. The summed E-state index contributed by atoms with van der Waals surface area (Å²) >= 11 is 0. The molecule has 0 aliphatic heterocycles. The molecule has 0 spiro atoms. The standard InChI is InChI=1S/C11H25NO2/c1-5-6-13-7-8-14-9-10(12)11(2,3)4/h10H,5-9,12H2,1-4H3. The van der Waals surface area contributed by atoms with Crippen molar-refractivity contribution in [3.63, 3.8) is 0 Å². The van der Waals surface area contributed by atoms with E-state index >= 15 is 0 Å². The van der Waals surface area contributed by atoms with Crippen molar-refractivity contribution in [3.8, 4) is 0 Å². The van der Waals surface area contributed by atoms with Crippen LogP contribution in [0.15, 0.2) is 0 Å². The molecule has 86 valence electrons. The van der Waals surface area contributed by atoms with Crippen LogP contribution in [0.1, 0.15) is 34.1 Å². The average Bonchev–Trinajstić information content (AvgIpc) is 2.09. The minimum atomic E-state index is 0.0914. The van der Waals surface area contributed by atoms with Crippen LogP contribution < -0.4 is 5.73 Å². The van der Waals surface area contributed by atoms with E-state index in [-0.39, 0.29) is 11.5 Å². The van der Waals surface area contributed by atoms with Crippen LogP contribution in [0.25, 0.3) is 0 Å². The van der Waals surface area contributed by atoms with Crippen molar-refractivity contribution in [2.75, 3.05) is 26.4 Å². The zero-order chi connectivity index (χ0) is 11.0. The highest BCUT2D eigenvalue weighted by Gasteiger charge is 2.20. The van der Waals surface area contributed by atoms with Gasteiger partial charge in [-0.2, -0.15) is 0 Å². The van der Waals surface area contributed by atoms with Crippen molar-refractivity contribution < 1.29 is 9.47 Å². The second-order valence-corrected chi connectivity index (χ2v) is 4.66. The fourth-order valence-corrected chi connectivity index (χ4v) is 0.825. The normalized spacial score (nSPS) is 14.4. The van der Waals surface area contributed by atoms with Gasteiger partial charge in [-0.1, -0.05) is 27.7 Å². The van der Waals surface area contributed by atoms with Crippen LogP contribution in [0.5, 0.6) is 0 Å². The van der Waals surface area contributed by atoms with E-state index in [1.165, 1.54) is 0 Å². The largest absolute Gasteiger partial charge is 0.379 e. The molecule has 0 aromatic heterocycles. The van der Waals surface area contributed by atoms with Crippen molar-refractivity contribution in [1.82, 2.24) is 0 Å². The molecule has 0 aliphatic rings. The third kappa shape index (κ3) is 7.30. The average molecular weight is 203 g/mol. The van der Waals surface area contributed by atoms with Crippen molar-refractivity contribution in [3.05, 3.63) is 0 Å². The number of nitrogens with two attached hydrogens (primary N) is 1. The van der Waals surface area contributed by atoms with Crippen LogP contribution in [0, 0.1) is 5.41 Å². The van der Waals surface area contributed by atoms with Crippen LogP contribution >= 0.6 is 0 Å². The highest BCUT2D eigenvalue weighted by Crippen LogP contribution is 2.17. The quantitative estimate of drug-likeness (QED) is 0.642. The zero-order valence-electron chi connectivity index (χ0n) is 10.0. The lowest BCUT2D eigenvalue weighted by atomic mass is 9.88. The molecule has 0 aromatic carbocycles. The van der Waals surface area contributed by atoms with Gasteiger partial charge in [-0.25, -0.2) is 0 Å². The first-order valence-corrected chi connectivity index (χ1v) is 5.39. The van der Waals surface area contributed by atoms with Crippen molar-refractivity contribution in [2.24, 2.45) is 11.1 Å². The maximum absolute atomic E-state index is 5.93. The minimum Gasteiger partial charge on any atom is -0.379 e. The molecule has 0 aliphatic carbocycles. The Labute approximate surface area is 88.0 Å². The summed E-state index contributed by atoms with van der Waals surface area (Å²) in [5.74, 6) is 0. The lowest BCUT2D eigenvalue weighted by Crippen LogP contribution is -2.39. The molecular formula is C11H25NO2. The maximum Gasteiger partial charge on any atom is 0.0701 e. The smallest absolute Gasteiger partial charge is 0.0701 e. The molecule has 0 saturated carbocycles. The van der Waals surface area contributed by atoms with E-state index in [1.54, 1.807) is 0 Å². The Balaban J connectivity index is 3.28. The van der Waals surface area contributed by atoms with Gasteiger partial charge in [0.2, 0.25) is 0 Å². The summed E-state index contributed by atoms with van der Waals surface area (Å²) in [6.45, 7) is 11.2. The molecule has 0 heterocycles. The molecule has 0 amide bonds. The molecular weight excluding hydrogens is 178 g/mol. The highest BCUT2D eigenvalue weighted by molar-refractivity contribution is 4.76. The third-order valence-electron chi connectivity index (χ3n) is 2.13. The topological polar surface area (TPSA) is 44.5 Å². The monoisotopic (exact) mass is 203 g/mol. The van der Waals surface area contributed by atoms with E-state index < -0.39 is 0 Å². The predicted octanol–water partition coefficient (Wildman–Crippen LogP) is 1.80. The van der Waals surface area contributed by atoms with Crippen molar-refractivity contribution >= 4 is 0 Å². The first-order valence-electron chi connectivity index (χ1n) is 5.39. The maximum atomic E-state index is 5.93. The SMILES string of the molecule is CCCOCCOCC(N)C(C)(C)C. The molecule has 14 heavy (non-hydrogen) atoms. The van der Waals surface area contributed by atoms with E-state index in [2.05, 4.69) is 27.7 Å². The van der Waals surface area contributed by atoms with Gasteiger partial charge in [-0.3, -0.25) is 0 Å². The molecule has 3 heteroatoms. The van der Waals surface area contributed by atoms with Crippen LogP contribution in [0.3, 0.4) is 0 Å². The molecule has 0 bridgehead atoms. The highest BCUT2D eigenvalue weighted by atomic mass is 16.5. The zero-order valence-corrected chi connectivity index (χ0v) is 10.0. The molecule has 1 unspecified atom stereocenters. The van der Waals surface area contributed by atoms with E-state index in [4.69, 9.17) is 15.2 Å². The van der Waals surface area contributed by atoms with Gasteiger partial charge in [0, 0.05) is 12.6 Å². The Kier molecular flexibility index (Phi) is 7.15. The fraction of sp³-hybridized carbons (Fsp3) is 1.00. The third-order valence-corrected chi connectivity index (χ3v) is 2.13. The van der Waals surface area contributed by atoms with E-state index in [0.717, 1.165) is 13.0 Å². The number of hydrogen-bond donors (Lipinski definition) is 1. The Bertz CT molecular complexity index is 132. The molecule has 2 N–H and O–H groups in total. The molecule has 0 aromatic rings. The summed E-state index contributed by atoms with van der Waals surface area (Å²) in [5.41, 5.74) is 6.04. The predicted molar refractivity (Wildman–Crippen MR) is 59.4 cm³/mol. The van der Waals surface area contributed by atoms with E-state index in [0.29, 0.717) is 19.8 Å². The van der Waals surface area contributed by atoms with Crippen LogP contribution in [0.2, 0.25) is 0 Å². The van der Waals surface area contributed by atoms with Crippen LogP contribution in [0.4, 0.5) is 0 Å². The Morgan fingerprint density at radius 1 is 1.07 bits per heavy atom. The summed E-state index contributed by atoms with van der Waals surface area (Å²) in [6, 6.07) is 0.0914. The summed E-state index contributed by atoms with van der Waals surface area (Å²) in [7, 11) is 0. The minimum absolute atomic E-state index is 0.0914. The van der Waals surface area contributed by atoms with Gasteiger partial charge in [0.05, 0.1) is 19.8 Å². The number of rotatable bonds is 7. The first kappa shape index (κ1) is 13.9. The van der Waals surface area contributed by atoms with Crippen molar-refractivity contribution in [2.45, 2.75) is 40.2 Å². The molecule has 0 rings (SSSR count).